The molecule has 0 unspecified atom stereocenters. The highest BCUT2D eigenvalue weighted by atomic mass is 32.2. The Morgan fingerprint density at radius 1 is 1.32 bits per heavy atom. The molecule has 104 valence electrons. The van der Waals surface area contributed by atoms with Gasteiger partial charge in [0.05, 0.1) is 5.01 Å². The van der Waals surface area contributed by atoms with E-state index in [1.807, 2.05) is 6.92 Å². The van der Waals surface area contributed by atoms with Crippen LogP contribution in [0.3, 0.4) is 0 Å². The van der Waals surface area contributed by atoms with Crippen molar-refractivity contribution < 1.29 is 13.5 Å². The van der Waals surface area contributed by atoms with Gasteiger partial charge in [-0.25, -0.2) is 18.1 Å². The third kappa shape index (κ3) is 3.83. The van der Waals surface area contributed by atoms with Crippen LogP contribution in [0.5, 0.6) is 0 Å². The zero-order valence-electron chi connectivity index (χ0n) is 10.3. The molecule has 0 atom stereocenters. The van der Waals surface area contributed by atoms with E-state index in [4.69, 9.17) is 5.11 Å². The molecular formula is C11H14N2O3S3. The van der Waals surface area contributed by atoms with Gasteiger partial charge in [0.25, 0.3) is 0 Å². The smallest absolute Gasteiger partial charge is 0.250 e. The first-order chi connectivity index (χ1) is 9.01. The Morgan fingerprint density at radius 2 is 2.11 bits per heavy atom. The lowest BCUT2D eigenvalue weighted by Gasteiger charge is -2.02. The van der Waals surface area contributed by atoms with Crippen LogP contribution in [0.2, 0.25) is 0 Å². The van der Waals surface area contributed by atoms with Crippen molar-refractivity contribution in [2.45, 2.75) is 24.1 Å². The molecule has 0 bridgehead atoms. The summed E-state index contributed by atoms with van der Waals surface area (Å²) in [5.74, 6) is 0. The van der Waals surface area contributed by atoms with Crippen molar-refractivity contribution in [2.75, 3.05) is 6.61 Å². The molecule has 5 nitrogen and oxygen atoms in total. The molecule has 19 heavy (non-hydrogen) atoms. The molecule has 2 aromatic rings. The van der Waals surface area contributed by atoms with E-state index in [9.17, 15) is 8.42 Å². The van der Waals surface area contributed by atoms with Gasteiger partial charge in [-0.1, -0.05) is 0 Å². The zero-order valence-corrected chi connectivity index (χ0v) is 12.7. The maximum atomic E-state index is 12.1. The molecule has 2 rings (SSSR count). The van der Waals surface area contributed by atoms with Gasteiger partial charge in [-0.2, -0.15) is 0 Å². The lowest BCUT2D eigenvalue weighted by Crippen LogP contribution is -2.21. The number of aliphatic hydroxyl groups excluding tert-OH is 1. The summed E-state index contributed by atoms with van der Waals surface area (Å²) in [6.07, 6.45) is 2.16. The van der Waals surface area contributed by atoms with E-state index in [2.05, 4.69) is 9.71 Å². The predicted molar refractivity (Wildman–Crippen MR) is 76.0 cm³/mol. The van der Waals surface area contributed by atoms with Crippen LogP contribution < -0.4 is 4.72 Å². The normalized spacial score (nSPS) is 11.9. The fourth-order valence-corrected chi connectivity index (χ4v) is 4.69. The Labute approximate surface area is 120 Å². The molecule has 0 fully saturated rings. The van der Waals surface area contributed by atoms with Crippen LogP contribution in [0.25, 0.3) is 0 Å². The van der Waals surface area contributed by atoms with Crippen molar-refractivity contribution >= 4 is 32.7 Å². The van der Waals surface area contributed by atoms with Crippen LogP contribution in [0.1, 0.15) is 14.8 Å². The van der Waals surface area contributed by atoms with Crippen LogP contribution in [-0.4, -0.2) is 25.1 Å². The fourth-order valence-electron chi connectivity index (χ4n) is 1.47. The molecule has 2 heterocycles. The number of aryl methyl sites for hydroxylation is 1. The molecule has 0 aliphatic carbocycles. The van der Waals surface area contributed by atoms with Crippen molar-refractivity contribution in [2.24, 2.45) is 0 Å². The molecule has 0 aliphatic heterocycles. The summed E-state index contributed by atoms with van der Waals surface area (Å²) >= 11 is 2.65. The van der Waals surface area contributed by atoms with E-state index in [1.165, 1.54) is 22.7 Å². The summed E-state index contributed by atoms with van der Waals surface area (Å²) in [6.45, 7) is 2.15. The number of rotatable bonds is 6. The van der Waals surface area contributed by atoms with Crippen LogP contribution >= 0.6 is 22.7 Å². The number of thiophene rings is 1. The number of nitrogens with one attached hydrogen (secondary N) is 1. The first-order valence-corrected chi connectivity index (χ1v) is 8.73. The molecule has 2 N–H and O–H groups in total. The molecule has 2 aromatic heterocycles. The van der Waals surface area contributed by atoms with Gasteiger partial charge in [0.15, 0.2) is 0 Å². The molecule has 0 saturated carbocycles. The number of aromatic nitrogens is 1. The minimum Gasteiger partial charge on any atom is -0.396 e. The van der Waals surface area contributed by atoms with Gasteiger partial charge >= 0.3 is 0 Å². The third-order valence-corrected chi connectivity index (χ3v) is 6.32. The van der Waals surface area contributed by atoms with Crippen LogP contribution in [-0.2, 0) is 23.0 Å². The topological polar surface area (TPSA) is 79.3 Å². The van der Waals surface area contributed by atoms with Gasteiger partial charge in [0, 0.05) is 35.5 Å². The van der Waals surface area contributed by atoms with E-state index in [0.717, 1.165) is 14.8 Å². The van der Waals surface area contributed by atoms with Crippen molar-refractivity contribution in [1.29, 1.82) is 0 Å². The predicted octanol–water partition coefficient (Wildman–Crippen LogP) is 1.53. The van der Waals surface area contributed by atoms with Crippen LogP contribution in [0, 0.1) is 6.92 Å². The number of thiazole rings is 1. The number of sulfonamides is 1. The second-order valence-electron chi connectivity index (χ2n) is 3.86. The largest absolute Gasteiger partial charge is 0.396 e. The average molecular weight is 318 g/mol. The summed E-state index contributed by atoms with van der Waals surface area (Å²) < 4.78 is 26.9. The zero-order chi connectivity index (χ0) is 13.9. The summed E-state index contributed by atoms with van der Waals surface area (Å²) in [5, 5.41) is 9.73. The number of nitrogens with zero attached hydrogens (tertiary/aromatic N) is 1. The van der Waals surface area contributed by atoms with Crippen LogP contribution in [0.4, 0.5) is 0 Å². The molecule has 0 aromatic carbocycles. The quantitative estimate of drug-likeness (QED) is 0.846. The molecule has 8 heteroatoms. The van der Waals surface area contributed by atoms with Gasteiger partial charge in [-0.15, -0.1) is 22.7 Å². The summed E-state index contributed by atoms with van der Waals surface area (Å²) in [7, 11) is -3.48. The molecule has 0 aliphatic rings. The third-order valence-electron chi connectivity index (χ3n) is 2.37. The maximum Gasteiger partial charge on any atom is 0.250 e. The lowest BCUT2D eigenvalue weighted by atomic mass is 10.4. The standard InChI is InChI=1S/C11H14N2O3S3/c1-8-12-6-10(17-8)7-13-19(15,16)11-3-2-9(18-11)4-5-14/h2-3,6,13-14H,4-5,7H2,1H3. The second kappa shape index (κ2) is 6.10. The van der Waals surface area contributed by atoms with E-state index in [1.54, 1.807) is 18.3 Å². The summed E-state index contributed by atoms with van der Waals surface area (Å²) in [4.78, 5) is 5.82. The number of hydrogen-bond acceptors (Lipinski definition) is 6. The highest BCUT2D eigenvalue weighted by Gasteiger charge is 2.16. The highest BCUT2D eigenvalue weighted by molar-refractivity contribution is 7.91. The maximum absolute atomic E-state index is 12.1. The van der Waals surface area contributed by atoms with Gasteiger partial charge in [-0.3, -0.25) is 0 Å². The Hall–Kier alpha value is -0.800. The van der Waals surface area contributed by atoms with Crippen molar-refractivity contribution in [3.63, 3.8) is 0 Å². The SMILES string of the molecule is Cc1ncc(CNS(=O)(=O)c2ccc(CCO)s2)s1. The van der Waals surface area contributed by atoms with E-state index in [0.29, 0.717) is 6.42 Å². The monoisotopic (exact) mass is 318 g/mol. The minimum atomic E-state index is -3.48. The Bertz CT molecular complexity index is 646. The van der Waals surface area contributed by atoms with Crippen molar-refractivity contribution in [1.82, 2.24) is 9.71 Å². The van der Waals surface area contributed by atoms with Gasteiger partial charge < -0.3 is 5.11 Å². The minimum absolute atomic E-state index is 0.0214. The summed E-state index contributed by atoms with van der Waals surface area (Å²) in [6, 6.07) is 3.29. The number of aliphatic hydroxyl groups is 1. The molecule has 0 amide bonds. The second-order valence-corrected chi connectivity index (χ2v) is 8.35. The van der Waals surface area contributed by atoms with E-state index < -0.39 is 10.0 Å². The highest BCUT2D eigenvalue weighted by Crippen LogP contribution is 2.22. The van der Waals surface area contributed by atoms with Crippen molar-refractivity contribution in [3.8, 4) is 0 Å². The Morgan fingerprint density at radius 3 is 2.74 bits per heavy atom. The first-order valence-electron chi connectivity index (χ1n) is 5.62. The Balaban J connectivity index is 2.04. The van der Waals surface area contributed by atoms with Gasteiger partial charge in [0.1, 0.15) is 4.21 Å². The average Bonchev–Trinajstić information content (AvgIpc) is 2.97. The molecule has 0 spiro atoms. The Kier molecular flexibility index (Phi) is 4.69. The van der Waals surface area contributed by atoms with Gasteiger partial charge in [-0.05, 0) is 19.1 Å². The fraction of sp³-hybridized carbons (Fsp3) is 0.364. The van der Waals surface area contributed by atoms with E-state index >= 15 is 0 Å². The van der Waals surface area contributed by atoms with Gasteiger partial charge in [0.2, 0.25) is 10.0 Å². The molecular weight excluding hydrogens is 304 g/mol. The molecule has 0 saturated heterocycles. The first kappa shape index (κ1) is 14.6. The van der Waals surface area contributed by atoms with E-state index in [-0.39, 0.29) is 17.4 Å². The number of hydrogen-bond donors (Lipinski definition) is 2. The lowest BCUT2D eigenvalue weighted by molar-refractivity contribution is 0.300. The summed E-state index contributed by atoms with van der Waals surface area (Å²) in [5.41, 5.74) is 0. The molecule has 0 radical (unpaired) electrons. The van der Waals surface area contributed by atoms with Crippen molar-refractivity contribution in [3.05, 3.63) is 33.1 Å². The van der Waals surface area contributed by atoms with Crippen LogP contribution in [0.15, 0.2) is 22.5 Å².